The topological polar surface area (TPSA) is 35.8 Å². The highest BCUT2D eigenvalue weighted by Crippen LogP contribution is 2.17. The Bertz CT molecular complexity index is 167. The van der Waals surface area contributed by atoms with Crippen LogP contribution in [0.15, 0.2) is 5.16 Å². The molecule has 0 spiro atoms. The molecule has 1 aliphatic rings. The summed E-state index contributed by atoms with van der Waals surface area (Å²) in [5.41, 5.74) is 0.940. The first kappa shape index (κ1) is 8.53. The molecule has 1 aliphatic heterocycles. The van der Waals surface area contributed by atoms with Crippen molar-refractivity contribution in [2.75, 3.05) is 13.6 Å². The molecule has 0 aromatic rings. The van der Waals surface area contributed by atoms with Crippen LogP contribution in [-0.4, -0.2) is 35.5 Å². The van der Waals surface area contributed by atoms with Gasteiger partial charge in [0.2, 0.25) is 0 Å². The highest BCUT2D eigenvalue weighted by atomic mass is 16.4. The van der Waals surface area contributed by atoms with Crippen LogP contribution in [0.25, 0.3) is 0 Å². The molecule has 1 saturated heterocycles. The molecule has 1 fully saturated rings. The number of piperidine rings is 1. The van der Waals surface area contributed by atoms with Crippen molar-refractivity contribution in [3.63, 3.8) is 0 Å². The van der Waals surface area contributed by atoms with Gasteiger partial charge in [0, 0.05) is 24.9 Å². The first-order valence-corrected chi connectivity index (χ1v) is 4.06. The van der Waals surface area contributed by atoms with Crippen LogP contribution in [0.5, 0.6) is 0 Å². The predicted octanol–water partition coefficient (Wildman–Crippen LogP) is 1.18. The number of nitrogens with zero attached hydrogens (tertiary/aromatic N) is 2. The number of hydrogen-bond donors (Lipinski definition) is 1. The van der Waals surface area contributed by atoms with E-state index in [0.717, 1.165) is 18.7 Å². The third-order valence-corrected chi connectivity index (χ3v) is 2.52. The fourth-order valence-corrected chi connectivity index (χ4v) is 1.52. The molecule has 3 nitrogen and oxygen atoms in total. The summed E-state index contributed by atoms with van der Waals surface area (Å²) in [7, 11) is 2.11. The van der Waals surface area contributed by atoms with Crippen molar-refractivity contribution in [1.82, 2.24) is 4.90 Å². The number of hydrogen-bond acceptors (Lipinski definition) is 3. The van der Waals surface area contributed by atoms with Crippen LogP contribution in [0.1, 0.15) is 20.3 Å². The maximum absolute atomic E-state index is 8.63. The molecule has 0 radical (unpaired) electrons. The molecule has 1 N–H and O–H groups in total. The number of rotatable bonds is 0. The van der Waals surface area contributed by atoms with Gasteiger partial charge >= 0.3 is 0 Å². The zero-order valence-corrected chi connectivity index (χ0v) is 7.41. The minimum absolute atomic E-state index is 0.404. The van der Waals surface area contributed by atoms with E-state index in [4.69, 9.17) is 5.21 Å². The van der Waals surface area contributed by atoms with Crippen LogP contribution in [-0.2, 0) is 0 Å². The molecular formula is C8H16N2O. The molecule has 1 rings (SSSR count). The van der Waals surface area contributed by atoms with Crippen LogP contribution >= 0.6 is 0 Å². The molecule has 0 amide bonds. The predicted molar refractivity (Wildman–Crippen MR) is 45.1 cm³/mol. The summed E-state index contributed by atoms with van der Waals surface area (Å²) in [6.45, 7) is 5.25. The van der Waals surface area contributed by atoms with E-state index in [-0.39, 0.29) is 0 Å². The van der Waals surface area contributed by atoms with Crippen molar-refractivity contribution in [3.05, 3.63) is 0 Å². The van der Waals surface area contributed by atoms with Gasteiger partial charge in [0.25, 0.3) is 0 Å². The molecule has 0 aromatic carbocycles. The standard InChI is InChI=1S/C8H16N2O/c1-6-5-10(3)7(2)4-8(6)9-11/h6-7,11H,4-5H2,1-3H3/b9-8-/t6-,7+/m0/s1. The fourth-order valence-electron chi connectivity index (χ4n) is 1.52. The normalized spacial score (nSPS) is 37.9. The van der Waals surface area contributed by atoms with Crippen molar-refractivity contribution in [1.29, 1.82) is 0 Å². The Hall–Kier alpha value is -0.570. The summed E-state index contributed by atoms with van der Waals surface area (Å²) in [5, 5.41) is 11.9. The zero-order valence-electron chi connectivity index (χ0n) is 7.41. The fraction of sp³-hybridized carbons (Fsp3) is 0.875. The lowest BCUT2D eigenvalue weighted by molar-refractivity contribution is 0.216. The maximum atomic E-state index is 8.63. The molecular weight excluding hydrogens is 140 g/mol. The van der Waals surface area contributed by atoms with Crippen LogP contribution in [0.2, 0.25) is 0 Å². The molecule has 1 heterocycles. The Balaban J connectivity index is 2.62. The summed E-state index contributed by atoms with van der Waals surface area (Å²) >= 11 is 0. The van der Waals surface area contributed by atoms with Crippen molar-refractivity contribution < 1.29 is 5.21 Å². The van der Waals surface area contributed by atoms with Gasteiger partial charge in [-0.2, -0.15) is 0 Å². The Morgan fingerprint density at radius 1 is 1.55 bits per heavy atom. The van der Waals surface area contributed by atoms with Gasteiger partial charge < -0.3 is 10.1 Å². The molecule has 11 heavy (non-hydrogen) atoms. The Labute approximate surface area is 67.7 Å². The highest BCUT2D eigenvalue weighted by Gasteiger charge is 2.25. The van der Waals surface area contributed by atoms with Crippen LogP contribution in [0, 0.1) is 5.92 Å². The summed E-state index contributed by atoms with van der Waals surface area (Å²) in [4.78, 5) is 2.29. The van der Waals surface area contributed by atoms with Gasteiger partial charge in [0.1, 0.15) is 0 Å². The van der Waals surface area contributed by atoms with Crippen molar-refractivity contribution >= 4 is 5.71 Å². The summed E-state index contributed by atoms with van der Waals surface area (Å²) in [6, 6.07) is 0.511. The Morgan fingerprint density at radius 2 is 2.18 bits per heavy atom. The monoisotopic (exact) mass is 156 g/mol. The molecule has 0 aliphatic carbocycles. The van der Waals surface area contributed by atoms with E-state index in [1.807, 2.05) is 0 Å². The van der Waals surface area contributed by atoms with Crippen molar-refractivity contribution in [2.24, 2.45) is 11.1 Å². The van der Waals surface area contributed by atoms with Crippen LogP contribution in [0.4, 0.5) is 0 Å². The van der Waals surface area contributed by atoms with Gasteiger partial charge in [-0.05, 0) is 14.0 Å². The molecule has 0 saturated carbocycles. The molecule has 0 aromatic heterocycles. The lowest BCUT2D eigenvalue weighted by atomic mass is 9.93. The van der Waals surface area contributed by atoms with E-state index < -0.39 is 0 Å². The second-order valence-corrected chi connectivity index (χ2v) is 3.49. The molecule has 2 atom stereocenters. The Morgan fingerprint density at radius 3 is 2.73 bits per heavy atom. The van der Waals surface area contributed by atoms with Gasteiger partial charge in [-0.15, -0.1) is 0 Å². The highest BCUT2D eigenvalue weighted by molar-refractivity contribution is 5.87. The second-order valence-electron chi connectivity index (χ2n) is 3.49. The Kier molecular flexibility index (Phi) is 2.49. The number of likely N-dealkylation sites (tertiary alicyclic amines) is 1. The summed E-state index contributed by atoms with van der Waals surface area (Å²) in [5.74, 6) is 0.404. The maximum Gasteiger partial charge on any atom is 0.0627 e. The first-order chi connectivity index (χ1) is 5.15. The zero-order chi connectivity index (χ0) is 8.43. The lowest BCUT2D eigenvalue weighted by Gasteiger charge is -2.33. The minimum Gasteiger partial charge on any atom is -0.411 e. The summed E-state index contributed by atoms with van der Waals surface area (Å²) in [6.07, 6.45) is 0.897. The van der Waals surface area contributed by atoms with Gasteiger partial charge in [-0.25, -0.2) is 0 Å². The average Bonchev–Trinajstić information content (AvgIpc) is 1.97. The van der Waals surface area contributed by atoms with Gasteiger partial charge in [0.05, 0.1) is 5.71 Å². The third-order valence-electron chi connectivity index (χ3n) is 2.52. The van der Waals surface area contributed by atoms with E-state index in [1.54, 1.807) is 0 Å². The van der Waals surface area contributed by atoms with Gasteiger partial charge in [0.15, 0.2) is 0 Å². The first-order valence-electron chi connectivity index (χ1n) is 4.06. The van der Waals surface area contributed by atoms with Crippen LogP contribution < -0.4 is 0 Å². The van der Waals surface area contributed by atoms with E-state index in [0.29, 0.717) is 12.0 Å². The second kappa shape index (κ2) is 3.22. The summed E-state index contributed by atoms with van der Waals surface area (Å²) < 4.78 is 0. The van der Waals surface area contributed by atoms with Crippen molar-refractivity contribution in [3.8, 4) is 0 Å². The van der Waals surface area contributed by atoms with E-state index in [2.05, 4.69) is 31.0 Å². The van der Waals surface area contributed by atoms with Crippen molar-refractivity contribution in [2.45, 2.75) is 26.3 Å². The van der Waals surface area contributed by atoms with Crippen LogP contribution in [0.3, 0.4) is 0 Å². The van der Waals surface area contributed by atoms with E-state index >= 15 is 0 Å². The van der Waals surface area contributed by atoms with E-state index in [9.17, 15) is 0 Å². The molecule has 3 heteroatoms. The lowest BCUT2D eigenvalue weighted by Crippen LogP contribution is -2.42. The van der Waals surface area contributed by atoms with E-state index in [1.165, 1.54) is 0 Å². The largest absolute Gasteiger partial charge is 0.411 e. The minimum atomic E-state index is 0.404. The molecule has 0 unspecified atom stereocenters. The van der Waals surface area contributed by atoms with Gasteiger partial charge in [-0.1, -0.05) is 12.1 Å². The number of oxime groups is 1. The third kappa shape index (κ3) is 1.71. The molecule has 64 valence electrons. The smallest absolute Gasteiger partial charge is 0.0627 e. The SMILES string of the molecule is C[C@@H]1C/C(=N/O)[C@@H](C)CN1C. The van der Waals surface area contributed by atoms with Gasteiger partial charge in [-0.3, -0.25) is 0 Å². The quantitative estimate of drug-likeness (QED) is 0.422. The molecule has 0 bridgehead atoms. The average molecular weight is 156 g/mol.